The van der Waals surface area contributed by atoms with Crippen LogP contribution in [0.3, 0.4) is 0 Å². The van der Waals surface area contributed by atoms with Gasteiger partial charge < -0.3 is 25.2 Å². The lowest BCUT2D eigenvalue weighted by molar-refractivity contribution is -0.275. The second kappa shape index (κ2) is 12.9. The van der Waals surface area contributed by atoms with Crippen LogP contribution in [0, 0.1) is 5.92 Å². The maximum absolute atomic E-state index is 13.6. The molecule has 12 heteroatoms. The zero-order chi connectivity index (χ0) is 30.4. The first kappa shape index (κ1) is 31.0. The van der Waals surface area contributed by atoms with Gasteiger partial charge in [-0.3, -0.25) is 0 Å². The molecule has 0 radical (unpaired) electrons. The first-order valence-corrected chi connectivity index (χ1v) is 13.3. The molecule has 0 saturated heterocycles. The number of alkyl halides is 6. The van der Waals surface area contributed by atoms with Crippen molar-refractivity contribution in [3.05, 3.63) is 95.6 Å². The highest BCUT2D eigenvalue weighted by Gasteiger charge is 2.40. The maximum atomic E-state index is 13.6. The van der Waals surface area contributed by atoms with Gasteiger partial charge >= 0.3 is 18.8 Å². The van der Waals surface area contributed by atoms with Crippen molar-refractivity contribution >= 4 is 6.03 Å². The highest BCUT2D eigenvalue weighted by molar-refractivity contribution is 5.76. The lowest BCUT2D eigenvalue weighted by Crippen LogP contribution is -2.55. The molecular formula is C30H30F6N2O4. The van der Waals surface area contributed by atoms with Crippen LogP contribution in [-0.4, -0.2) is 36.5 Å². The molecule has 3 N–H and O–H groups in total. The number of hydrogen-bond acceptors (Lipinski definition) is 4. The van der Waals surface area contributed by atoms with E-state index < -0.39 is 35.8 Å². The van der Waals surface area contributed by atoms with Crippen LogP contribution in [0.4, 0.5) is 31.1 Å². The van der Waals surface area contributed by atoms with E-state index in [2.05, 4.69) is 20.1 Å². The second-order valence-electron chi connectivity index (χ2n) is 10.2. The smallest absolute Gasteiger partial charge is 0.406 e. The van der Waals surface area contributed by atoms with Gasteiger partial charge in [0.1, 0.15) is 11.5 Å². The third kappa shape index (κ3) is 8.31. The highest BCUT2D eigenvalue weighted by atomic mass is 19.4. The normalized spacial score (nSPS) is 17.8. The van der Waals surface area contributed by atoms with Crippen LogP contribution in [-0.2, 0) is 12.0 Å². The molecule has 2 amide bonds. The molecule has 1 saturated carbocycles. The maximum Gasteiger partial charge on any atom is 0.573 e. The minimum absolute atomic E-state index is 0.0553. The van der Waals surface area contributed by atoms with Crippen molar-refractivity contribution in [1.82, 2.24) is 10.6 Å². The molecule has 6 nitrogen and oxygen atoms in total. The van der Waals surface area contributed by atoms with Crippen LogP contribution in [0.15, 0.2) is 78.9 Å². The third-order valence-corrected chi connectivity index (χ3v) is 7.22. The summed E-state index contributed by atoms with van der Waals surface area (Å²) in [7, 11) is 0. The van der Waals surface area contributed by atoms with Gasteiger partial charge in [-0.1, -0.05) is 67.4 Å². The van der Waals surface area contributed by atoms with Gasteiger partial charge in [0.2, 0.25) is 0 Å². The Balaban J connectivity index is 1.85. The molecule has 0 bridgehead atoms. The summed E-state index contributed by atoms with van der Waals surface area (Å²) in [6.07, 6.45) is -7.05. The summed E-state index contributed by atoms with van der Waals surface area (Å²) in [5.74, 6) is -1.34. The number of nitrogens with one attached hydrogen (secondary N) is 2. The fraction of sp³-hybridized carbons (Fsp3) is 0.367. The number of aliphatic hydroxyl groups excluding tert-OH is 1. The molecule has 3 aromatic carbocycles. The highest BCUT2D eigenvalue weighted by Crippen LogP contribution is 2.38. The molecule has 1 aliphatic rings. The Hall–Kier alpha value is -3.93. The largest absolute Gasteiger partial charge is 0.573 e. The summed E-state index contributed by atoms with van der Waals surface area (Å²) < 4.78 is 87.1. The molecule has 42 heavy (non-hydrogen) atoms. The van der Waals surface area contributed by atoms with Crippen molar-refractivity contribution in [2.24, 2.45) is 5.92 Å². The van der Waals surface area contributed by atoms with Crippen molar-refractivity contribution in [3.63, 3.8) is 0 Å². The molecule has 1 aliphatic carbocycles. The molecular weight excluding hydrogens is 566 g/mol. The summed E-state index contributed by atoms with van der Waals surface area (Å²) in [5.41, 5.74) is -0.817. The van der Waals surface area contributed by atoms with E-state index in [1.165, 1.54) is 24.3 Å². The average molecular weight is 597 g/mol. The summed E-state index contributed by atoms with van der Waals surface area (Å²) >= 11 is 0. The van der Waals surface area contributed by atoms with Gasteiger partial charge in [0, 0.05) is 25.0 Å². The zero-order valence-corrected chi connectivity index (χ0v) is 22.3. The standard InChI is InChI=1S/C30H30F6N2O4/c31-29(32,33)41-24-13-6-11-22(16-24)28(18-20-8-2-1-3-9-20,23-12-7-14-25(17-23)42-30(34,35)36)38-27(40)37-26-15-5-4-10-21(26)19-39/h1-3,6-9,11-14,16-17,21,26,39H,4-5,10,15,18-19H2,(H2,37,38,40)/t21-,26-/m1/s1. The minimum Gasteiger partial charge on any atom is -0.406 e. The summed E-state index contributed by atoms with van der Waals surface area (Å²) in [5, 5.41) is 15.6. The van der Waals surface area contributed by atoms with Gasteiger partial charge in [0.25, 0.3) is 0 Å². The van der Waals surface area contributed by atoms with E-state index >= 15 is 0 Å². The van der Waals surface area contributed by atoms with Crippen LogP contribution in [0.5, 0.6) is 11.5 Å². The Morgan fingerprint density at radius 2 is 1.33 bits per heavy atom. The molecule has 0 aromatic heterocycles. The van der Waals surface area contributed by atoms with E-state index in [-0.39, 0.29) is 36.1 Å². The molecule has 1 fully saturated rings. The lowest BCUT2D eigenvalue weighted by atomic mass is 9.77. The first-order valence-electron chi connectivity index (χ1n) is 13.3. The fourth-order valence-corrected chi connectivity index (χ4v) is 5.39. The Morgan fingerprint density at radius 3 is 1.86 bits per heavy atom. The summed E-state index contributed by atoms with van der Waals surface area (Å²) in [6, 6.07) is 17.4. The summed E-state index contributed by atoms with van der Waals surface area (Å²) in [6.45, 7) is -0.145. The van der Waals surface area contributed by atoms with Gasteiger partial charge in [-0.15, -0.1) is 26.3 Å². The van der Waals surface area contributed by atoms with E-state index in [1.807, 2.05) is 0 Å². The lowest BCUT2D eigenvalue weighted by Gasteiger charge is -2.38. The van der Waals surface area contributed by atoms with E-state index in [0.29, 0.717) is 18.4 Å². The first-order chi connectivity index (χ1) is 19.9. The number of aliphatic hydroxyl groups is 1. The number of carbonyl (C=O) groups excluding carboxylic acids is 1. The Morgan fingerprint density at radius 1 is 0.786 bits per heavy atom. The van der Waals surface area contributed by atoms with Crippen molar-refractivity contribution in [3.8, 4) is 11.5 Å². The second-order valence-corrected chi connectivity index (χ2v) is 10.2. The van der Waals surface area contributed by atoms with Crippen LogP contribution in [0.25, 0.3) is 0 Å². The summed E-state index contributed by atoms with van der Waals surface area (Å²) in [4.78, 5) is 13.6. The van der Waals surface area contributed by atoms with Gasteiger partial charge in [0.15, 0.2) is 0 Å². The molecule has 0 spiro atoms. The van der Waals surface area contributed by atoms with Crippen LogP contribution < -0.4 is 20.1 Å². The van der Waals surface area contributed by atoms with Crippen LogP contribution in [0.1, 0.15) is 42.4 Å². The topological polar surface area (TPSA) is 79.8 Å². The van der Waals surface area contributed by atoms with Gasteiger partial charge in [-0.05, 0) is 53.8 Å². The molecule has 0 unspecified atom stereocenters. The molecule has 0 heterocycles. The molecule has 226 valence electrons. The van der Waals surface area contributed by atoms with Crippen molar-refractivity contribution < 1.29 is 45.7 Å². The molecule has 4 rings (SSSR count). The van der Waals surface area contributed by atoms with Crippen molar-refractivity contribution in [2.45, 2.75) is 56.4 Å². The van der Waals surface area contributed by atoms with E-state index in [4.69, 9.17) is 0 Å². The number of urea groups is 1. The number of halogens is 6. The van der Waals surface area contributed by atoms with Crippen LogP contribution in [0.2, 0.25) is 0 Å². The monoisotopic (exact) mass is 596 g/mol. The molecule has 0 aliphatic heterocycles. The quantitative estimate of drug-likeness (QED) is 0.237. The predicted octanol–water partition coefficient (Wildman–Crippen LogP) is 6.82. The van der Waals surface area contributed by atoms with Gasteiger partial charge in [-0.2, -0.15) is 0 Å². The average Bonchev–Trinajstić information content (AvgIpc) is 2.92. The third-order valence-electron chi connectivity index (χ3n) is 7.22. The van der Waals surface area contributed by atoms with E-state index in [0.717, 1.165) is 37.1 Å². The van der Waals surface area contributed by atoms with Crippen molar-refractivity contribution in [1.29, 1.82) is 0 Å². The molecule has 3 aromatic rings. The fourth-order valence-electron chi connectivity index (χ4n) is 5.39. The number of rotatable bonds is 9. The number of carbonyl (C=O) groups is 1. The Bertz CT molecular complexity index is 1270. The van der Waals surface area contributed by atoms with E-state index in [9.17, 15) is 36.2 Å². The SMILES string of the molecule is O=C(N[C@@H]1CCCC[C@@H]1CO)NC(Cc1ccccc1)(c1cccc(OC(F)(F)F)c1)c1cccc(OC(F)(F)F)c1. The van der Waals surface area contributed by atoms with Gasteiger partial charge in [-0.25, -0.2) is 4.79 Å². The number of amides is 2. The predicted molar refractivity (Wildman–Crippen MR) is 142 cm³/mol. The zero-order valence-electron chi connectivity index (χ0n) is 22.3. The molecule has 2 atom stereocenters. The van der Waals surface area contributed by atoms with E-state index in [1.54, 1.807) is 30.3 Å². The minimum atomic E-state index is -5.01. The van der Waals surface area contributed by atoms with Crippen LogP contribution >= 0.6 is 0 Å². The van der Waals surface area contributed by atoms with Gasteiger partial charge in [0.05, 0.1) is 5.54 Å². The Labute approximate surface area is 238 Å². The van der Waals surface area contributed by atoms with Crippen molar-refractivity contribution in [2.75, 3.05) is 6.61 Å². The number of hydrogen-bond donors (Lipinski definition) is 3. The number of ether oxygens (including phenoxy) is 2. The Kier molecular flexibility index (Phi) is 9.55. The number of benzene rings is 3.